The van der Waals surface area contributed by atoms with Crippen molar-refractivity contribution in [3.8, 4) is 5.75 Å². The van der Waals surface area contributed by atoms with E-state index in [4.69, 9.17) is 15.6 Å². The van der Waals surface area contributed by atoms with Gasteiger partial charge < -0.3 is 20.5 Å². The summed E-state index contributed by atoms with van der Waals surface area (Å²) >= 11 is 0. The largest absolute Gasteiger partial charge is 0.415 e. The average molecular weight is 346 g/mol. The van der Waals surface area contributed by atoms with Gasteiger partial charge in [-0.25, -0.2) is 4.79 Å². The van der Waals surface area contributed by atoms with Crippen molar-refractivity contribution >= 4 is 6.09 Å². The van der Waals surface area contributed by atoms with E-state index in [0.29, 0.717) is 11.7 Å². The lowest BCUT2D eigenvalue weighted by Crippen LogP contribution is -2.52. The van der Waals surface area contributed by atoms with Gasteiger partial charge in [-0.15, -0.1) is 0 Å². The molecule has 5 heteroatoms. The molecule has 25 heavy (non-hydrogen) atoms. The fourth-order valence-electron chi connectivity index (χ4n) is 4.52. The number of rotatable bonds is 3. The van der Waals surface area contributed by atoms with Crippen LogP contribution in [-0.2, 0) is 11.8 Å². The maximum atomic E-state index is 12.1. The number of benzene rings is 1. The van der Waals surface area contributed by atoms with Gasteiger partial charge in [0.05, 0.1) is 6.61 Å². The molecule has 3 rings (SSSR count). The SMILES string of the molecule is CN(CCO)C(=O)Oc1ccc2c(c1)[C@@]1(C)CCCCC[C@@H](C2)[C@@H]1N. The predicted molar refractivity (Wildman–Crippen MR) is 97.8 cm³/mol. The molecule has 0 unspecified atom stereocenters. The fraction of sp³-hybridized carbons (Fsp3) is 0.650. The Morgan fingerprint density at radius 3 is 2.96 bits per heavy atom. The van der Waals surface area contributed by atoms with E-state index in [2.05, 4.69) is 13.0 Å². The summed E-state index contributed by atoms with van der Waals surface area (Å²) in [7, 11) is 1.62. The molecular weight excluding hydrogens is 316 g/mol. The second-order valence-electron chi connectivity index (χ2n) is 7.84. The number of hydrogen-bond acceptors (Lipinski definition) is 4. The zero-order chi connectivity index (χ0) is 18.0. The van der Waals surface area contributed by atoms with Crippen LogP contribution in [0.15, 0.2) is 18.2 Å². The van der Waals surface area contributed by atoms with Crippen LogP contribution < -0.4 is 10.5 Å². The third-order valence-corrected chi connectivity index (χ3v) is 6.15. The van der Waals surface area contributed by atoms with Crippen LogP contribution in [0.2, 0.25) is 0 Å². The number of nitrogens with zero attached hydrogens (tertiary/aromatic N) is 1. The molecule has 2 aliphatic carbocycles. The minimum Gasteiger partial charge on any atom is -0.410 e. The van der Waals surface area contributed by atoms with Gasteiger partial charge in [0, 0.05) is 25.0 Å². The Kier molecular flexibility index (Phi) is 5.35. The van der Waals surface area contributed by atoms with E-state index in [9.17, 15) is 4.79 Å². The van der Waals surface area contributed by atoms with E-state index in [-0.39, 0.29) is 24.6 Å². The Morgan fingerprint density at radius 1 is 1.40 bits per heavy atom. The summed E-state index contributed by atoms with van der Waals surface area (Å²) in [4.78, 5) is 13.5. The highest BCUT2D eigenvalue weighted by atomic mass is 16.6. The highest BCUT2D eigenvalue weighted by Gasteiger charge is 2.43. The number of fused-ring (bicyclic) bond motifs is 4. The monoisotopic (exact) mass is 346 g/mol. The molecule has 2 bridgehead atoms. The quantitative estimate of drug-likeness (QED) is 0.882. The Hall–Kier alpha value is -1.59. The topological polar surface area (TPSA) is 75.8 Å². The van der Waals surface area contributed by atoms with Gasteiger partial charge in [0.1, 0.15) is 5.75 Å². The van der Waals surface area contributed by atoms with E-state index >= 15 is 0 Å². The molecule has 3 atom stereocenters. The van der Waals surface area contributed by atoms with Crippen molar-refractivity contribution in [2.24, 2.45) is 11.7 Å². The third kappa shape index (κ3) is 3.53. The second kappa shape index (κ2) is 7.34. The second-order valence-corrected chi connectivity index (χ2v) is 7.84. The summed E-state index contributed by atoms with van der Waals surface area (Å²) in [6.45, 7) is 2.45. The van der Waals surface area contributed by atoms with Crippen LogP contribution >= 0.6 is 0 Å². The molecule has 1 aromatic rings. The van der Waals surface area contributed by atoms with E-state index in [1.54, 1.807) is 7.05 Å². The third-order valence-electron chi connectivity index (χ3n) is 6.15. The van der Waals surface area contributed by atoms with Crippen molar-refractivity contribution in [1.29, 1.82) is 0 Å². The summed E-state index contributed by atoms with van der Waals surface area (Å²) in [5.74, 6) is 1.10. The first kappa shape index (κ1) is 18.2. The Balaban J connectivity index is 1.88. The van der Waals surface area contributed by atoms with Crippen LogP contribution in [0.5, 0.6) is 5.75 Å². The maximum absolute atomic E-state index is 12.1. The molecule has 2 aliphatic rings. The van der Waals surface area contributed by atoms with Crippen LogP contribution in [0, 0.1) is 5.92 Å². The zero-order valence-electron chi connectivity index (χ0n) is 15.3. The highest BCUT2D eigenvalue weighted by Crippen LogP contribution is 2.46. The minimum atomic E-state index is -0.449. The number of nitrogens with two attached hydrogens (primary N) is 1. The minimum absolute atomic E-state index is 0.0575. The van der Waals surface area contributed by atoms with Crippen LogP contribution in [0.4, 0.5) is 4.79 Å². The van der Waals surface area contributed by atoms with Crippen LogP contribution in [0.25, 0.3) is 0 Å². The van der Waals surface area contributed by atoms with E-state index in [1.165, 1.54) is 41.7 Å². The molecule has 0 aliphatic heterocycles. The summed E-state index contributed by atoms with van der Waals surface area (Å²) in [6.07, 6.45) is 6.60. The van der Waals surface area contributed by atoms with Gasteiger partial charge in [-0.2, -0.15) is 0 Å². The molecule has 1 aromatic carbocycles. The molecule has 138 valence electrons. The Labute approximate surface area is 150 Å². The van der Waals surface area contributed by atoms with Gasteiger partial charge in [-0.1, -0.05) is 32.3 Å². The van der Waals surface area contributed by atoms with Crippen molar-refractivity contribution in [2.75, 3.05) is 20.2 Å². The lowest BCUT2D eigenvalue weighted by molar-refractivity contribution is 0.150. The molecule has 5 nitrogen and oxygen atoms in total. The first-order valence-corrected chi connectivity index (χ1v) is 9.38. The lowest BCUT2D eigenvalue weighted by Gasteiger charge is -2.47. The van der Waals surface area contributed by atoms with E-state index in [1.807, 2.05) is 12.1 Å². The molecule has 0 radical (unpaired) electrons. The Morgan fingerprint density at radius 2 is 2.20 bits per heavy atom. The standard InChI is InChI=1S/C20H30N2O3/c1-20-9-5-3-4-6-15(18(20)21)12-14-7-8-16(13-17(14)20)25-19(24)22(2)10-11-23/h7-8,13,15,18,23H,3-6,9-12,21H2,1-2H3/t15-,18-,20+/m0/s1. The van der Waals surface area contributed by atoms with Crippen molar-refractivity contribution < 1.29 is 14.6 Å². The van der Waals surface area contributed by atoms with Gasteiger partial charge in [0.2, 0.25) is 0 Å². The molecular formula is C20H30N2O3. The van der Waals surface area contributed by atoms with Crippen molar-refractivity contribution in [2.45, 2.75) is 56.9 Å². The molecule has 1 fully saturated rings. The summed E-state index contributed by atoms with van der Waals surface area (Å²) in [5.41, 5.74) is 9.23. The summed E-state index contributed by atoms with van der Waals surface area (Å²) < 4.78 is 5.50. The Bertz CT molecular complexity index is 633. The maximum Gasteiger partial charge on any atom is 0.415 e. The van der Waals surface area contributed by atoms with Gasteiger partial charge >= 0.3 is 6.09 Å². The molecule has 0 aromatic heterocycles. The number of hydrogen-bond donors (Lipinski definition) is 2. The zero-order valence-corrected chi connectivity index (χ0v) is 15.3. The first-order chi connectivity index (χ1) is 12.0. The molecule has 0 heterocycles. The van der Waals surface area contributed by atoms with Crippen LogP contribution in [0.1, 0.15) is 50.2 Å². The van der Waals surface area contributed by atoms with Crippen LogP contribution in [-0.4, -0.2) is 42.3 Å². The number of ether oxygens (including phenoxy) is 1. The smallest absolute Gasteiger partial charge is 0.410 e. The number of aliphatic hydroxyl groups is 1. The summed E-state index contributed by atoms with van der Waals surface area (Å²) in [6, 6.07) is 6.15. The van der Waals surface area contributed by atoms with Gasteiger partial charge in [-0.3, -0.25) is 0 Å². The fourth-order valence-corrected chi connectivity index (χ4v) is 4.52. The molecule has 1 amide bonds. The number of amides is 1. The predicted octanol–water partition coefficient (Wildman–Crippen LogP) is 2.83. The van der Waals surface area contributed by atoms with E-state index < -0.39 is 6.09 Å². The molecule has 1 saturated carbocycles. The highest BCUT2D eigenvalue weighted by molar-refractivity contribution is 5.70. The summed E-state index contributed by atoms with van der Waals surface area (Å²) in [5, 5.41) is 8.96. The molecule has 0 spiro atoms. The van der Waals surface area contributed by atoms with Gasteiger partial charge in [0.15, 0.2) is 0 Å². The number of likely N-dealkylation sites (N-methyl/N-ethyl adjacent to an activating group) is 1. The average Bonchev–Trinajstić information content (AvgIpc) is 2.59. The van der Waals surface area contributed by atoms with Crippen molar-refractivity contribution in [1.82, 2.24) is 4.90 Å². The molecule has 3 N–H and O–H groups in total. The van der Waals surface area contributed by atoms with Crippen molar-refractivity contribution in [3.63, 3.8) is 0 Å². The number of aliphatic hydroxyl groups excluding tert-OH is 1. The normalized spacial score (nSPS) is 28.5. The lowest BCUT2D eigenvalue weighted by atomic mass is 9.60. The van der Waals surface area contributed by atoms with Crippen LogP contribution in [0.3, 0.4) is 0 Å². The van der Waals surface area contributed by atoms with E-state index in [0.717, 1.165) is 12.8 Å². The van der Waals surface area contributed by atoms with Gasteiger partial charge in [-0.05, 0) is 48.4 Å². The van der Waals surface area contributed by atoms with Gasteiger partial charge in [0.25, 0.3) is 0 Å². The van der Waals surface area contributed by atoms with Crippen molar-refractivity contribution in [3.05, 3.63) is 29.3 Å². The number of carbonyl (C=O) groups is 1. The first-order valence-electron chi connectivity index (χ1n) is 9.38. The molecule has 0 saturated heterocycles. The number of carbonyl (C=O) groups excluding carboxylic acids is 1.